The lowest BCUT2D eigenvalue weighted by atomic mass is 9.93. The molecule has 40 heavy (non-hydrogen) atoms. The van der Waals surface area contributed by atoms with Gasteiger partial charge >= 0.3 is 0 Å². The van der Waals surface area contributed by atoms with E-state index in [1.165, 1.54) is 10.8 Å². The molecule has 6 aromatic rings. The summed E-state index contributed by atoms with van der Waals surface area (Å²) in [5.41, 5.74) is 5.76. The third-order valence-corrected chi connectivity index (χ3v) is 7.17. The normalized spacial score (nSPS) is 19.3. The van der Waals surface area contributed by atoms with E-state index >= 15 is 0 Å². The number of hydrogen-bond acceptors (Lipinski definition) is 11. The zero-order valence-electron chi connectivity index (χ0n) is 20.6. The molecule has 1 fully saturated rings. The first-order valence-electron chi connectivity index (χ1n) is 12.3. The molecular weight excluding hydrogens is 522 g/mol. The van der Waals surface area contributed by atoms with Gasteiger partial charge in [0.15, 0.2) is 5.52 Å². The number of nitrogen functional groups attached to an aromatic ring is 1. The van der Waals surface area contributed by atoms with Crippen LogP contribution in [0.3, 0.4) is 0 Å². The highest BCUT2D eigenvalue weighted by molar-refractivity contribution is 6.26. The summed E-state index contributed by atoms with van der Waals surface area (Å²) in [5.74, 6) is -0.0797. The molecule has 0 aliphatic carbocycles. The molecule has 14 heteroatoms. The number of aromatic nitrogens is 4. The van der Waals surface area contributed by atoms with Crippen molar-refractivity contribution in [2.24, 2.45) is 0 Å². The Bertz CT molecular complexity index is 2020. The number of anilines is 3. The molecule has 4 aromatic carbocycles. The molecule has 0 spiro atoms. The van der Waals surface area contributed by atoms with E-state index in [1.54, 1.807) is 18.2 Å². The Morgan fingerprint density at radius 1 is 1.12 bits per heavy atom. The average Bonchev–Trinajstić information content (AvgIpc) is 3.47. The van der Waals surface area contributed by atoms with Gasteiger partial charge in [-0.1, -0.05) is 24.3 Å². The molecule has 6 N–H and O–H groups in total. The third kappa shape index (κ3) is 3.58. The number of fused-ring (bicyclic) bond motifs is 1. The van der Waals surface area contributed by atoms with Crippen molar-refractivity contribution in [1.82, 2.24) is 19.7 Å². The Balaban J connectivity index is 1.39. The highest BCUT2D eigenvalue weighted by Crippen LogP contribution is 2.41. The van der Waals surface area contributed by atoms with Crippen LogP contribution in [0.1, 0.15) is 6.42 Å². The molecule has 14 nitrogen and oxygen atoms in total. The van der Waals surface area contributed by atoms with Crippen molar-refractivity contribution >= 4 is 66.8 Å². The molecule has 7 rings (SSSR count). The Labute approximate surface area is 223 Å². The average molecular weight is 543 g/mol. The van der Waals surface area contributed by atoms with Gasteiger partial charge in [0.1, 0.15) is 6.10 Å². The van der Waals surface area contributed by atoms with Crippen molar-refractivity contribution in [1.29, 1.82) is 0 Å². The van der Waals surface area contributed by atoms with Crippen LogP contribution in [-0.2, 0) is 4.74 Å². The summed E-state index contributed by atoms with van der Waals surface area (Å²) in [6.45, 7) is -0.400. The second kappa shape index (κ2) is 8.74. The fraction of sp³-hybridized carbons (Fsp3) is 0.192. The maximum atomic E-state index is 12.6. The van der Waals surface area contributed by atoms with Gasteiger partial charge in [0, 0.05) is 28.9 Å². The maximum absolute atomic E-state index is 12.6. The fourth-order valence-corrected chi connectivity index (χ4v) is 5.36. The zero-order chi connectivity index (χ0) is 27.7. The van der Waals surface area contributed by atoms with Gasteiger partial charge < -0.3 is 30.8 Å². The summed E-state index contributed by atoms with van der Waals surface area (Å²) in [4.78, 5) is 40.9. The van der Waals surface area contributed by atoms with E-state index in [4.69, 9.17) is 15.3 Å². The first kappa shape index (κ1) is 24.0. The minimum atomic E-state index is -0.977. The topological polar surface area (TPSA) is 204 Å². The van der Waals surface area contributed by atoms with Crippen LogP contribution in [0.5, 0.6) is 0 Å². The number of nitrogens with one attached hydrogen (secondary N) is 2. The third-order valence-electron chi connectivity index (χ3n) is 7.17. The molecular formula is C26H21N7O7. The van der Waals surface area contributed by atoms with E-state index in [2.05, 4.69) is 20.3 Å². The van der Waals surface area contributed by atoms with Crippen LogP contribution in [0.25, 0.3) is 43.5 Å². The van der Waals surface area contributed by atoms with E-state index in [0.717, 1.165) is 26.9 Å². The van der Waals surface area contributed by atoms with Crippen molar-refractivity contribution in [3.05, 3.63) is 69.0 Å². The standard InChI is InChI=1S/C26H21N7O7/c27-25-30-23-22(24(36)31-25)29-26(32(23)40-19-9-17(35)18(10-34)39-19)28-15-7-3-11-1-2-12-4-8-16(33(37)38)14-6-5-13(15)20(11)21(12)14/h1-8,17-19,34-35H,9-10H2,(H,28,29)(H3,27,30,31,36)/t17-,18+,19-/m0/s1. The predicted molar refractivity (Wildman–Crippen MR) is 146 cm³/mol. The number of H-pyrrole nitrogens is 1. The molecule has 0 amide bonds. The van der Waals surface area contributed by atoms with Crippen molar-refractivity contribution in [2.75, 3.05) is 17.7 Å². The highest BCUT2D eigenvalue weighted by Gasteiger charge is 2.36. The number of nitro groups is 1. The molecule has 0 unspecified atom stereocenters. The summed E-state index contributed by atoms with van der Waals surface area (Å²) >= 11 is 0. The van der Waals surface area contributed by atoms with Crippen LogP contribution in [0, 0.1) is 10.1 Å². The zero-order valence-corrected chi connectivity index (χ0v) is 20.6. The van der Waals surface area contributed by atoms with Crippen LogP contribution in [0.15, 0.2) is 53.3 Å². The number of aromatic amines is 1. The highest BCUT2D eigenvalue weighted by atomic mass is 16.8. The van der Waals surface area contributed by atoms with Gasteiger partial charge in [-0.3, -0.25) is 19.9 Å². The number of nitrogens with two attached hydrogens (primary N) is 1. The number of nitro benzene ring substituents is 1. The number of hydrogen-bond donors (Lipinski definition) is 5. The molecule has 3 heterocycles. The quantitative estimate of drug-likeness (QED) is 0.117. The number of aliphatic hydroxyl groups excluding tert-OH is 2. The number of ether oxygens (including phenoxy) is 1. The number of rotatable bonds is 6. The molecule has 1 aliphatic heterocycles. The number of benzene rings is 4. The Kier molecular flexibility index (Phi) is 5.25. The van der Waals surface area contributed by atoms with E-state index in [-0.39, 0.29) is 35.2 Å². The largest absolute Gasteiger partial charge is 0.394 e. The van der Waals surface area contributed by atoms with Gasteiger partial charge in [0.2, 0.25) is 23.8 Å². The lowest BCUT2D eigenvalue weighted by Gasteiger charge is -2.18. The van der Waals surface area contributed by atoms with Gasteiger partial charge in [-0.05, 0) is 34.4 Å². The number of non-ortho nitro benzene ring substituents is 1. The van der Waals surface area contributed by atoms with Crippen molar-refractivity contribution in [3.63, 3.8) is 0 Å². The Morgan fingerprint density at radius 3 is 2.55 bits per heavy atom. The number of imidazole rings is 1. The second-order valence-corrected chi connectivity index (χ2v) is 9.55. The summed E-state index contributed by atoms with van der Waals surface area (Å²) in [6, 6.07) is 14.3. The van der Waals surface area contributed by atoms with Gasteiger partial charge in [-0.2, -0.15) is 4.98 Å². The van der Waals surface area contributed by atoms with Crippen LogP contribution in [0.4, 0.5) is 23.3 Å². The summed E-state index contributed by atoms with van der Waals surface area (Å²) < 4.78 is 6.76. The second-order valence-electron chi connectivity index (χ2n) is 9.55. The SMILES string of the molecule is Nc1nc2c(nc(Nc3ccc4ccc5ccc([N+](=O)[O-])c6ccc3c4c56)n2O[C@H]2C[C@H](O)[C@@H](CO)O2)c(=O)[nH]1. The summed E-state index contributed by atoms with van der Waals surface area (Å²) in [7, 11) is 0. The summed E-state index contributed by atoms with van der Waals surface area (Å²) in [6.07, 6.45) is -2.71. The van der Waals surface area contributed by atoms with Crippen LogP contribution in [0.2, 0.25) is 0 Å². The van der Waals surface area contributed by atoms with Crippen LogP contribution in [-0.4, -0.2) is 59.9 Å². The van der Waals surface area contributed by atoms with E-state index in [9.17, 15) is 25.1 Å². The van der Waals surface area contributed by atoms with Crippen molar-refractivity contribution < 1.29 is 24.7 Å². The first-order chi connectivity index (χ1) is 19.3. The lowest BCUT2D eigenvalue weighted by molar-refractivity contribution is -0.383. The fourth-order valence-electron chi connectivity index (χ4n) is 5.36. The van der Waals surface area contributed by atoms with Gasteiger partial charge in [-0.25, -0.2) is 4.98 Å². The van der Waals surface area contributed by atoms with Crippen LogP contribution < -0.4 is 21.4 Å². The maximum Gasteiger partial charge on any atom is 0.280 e. The molecule has 1 aliphatic rings. The van der Waals surface area contributed by atoms with Gasteiger partial charge in [0.25, 0.3) is 11.2 Å². The van der Waals surface area contributed by atoms with Gasteiger partial charge in [-0.15, -0.1) is 4.73 Å². The molecule has 202 valence electrons. The molecule has 3 atom stereocenters. The van der Waals surface area contributed by atoms with Crippen LogP contribution >= 0.6 is 0 Å². The Morgan fingerprint density at radius 2 is 1.82 bits per heavy atom. The van der Waals surface area contributed by atoms with Crippen molar-refractivity contribution in [2.45, 2.75) is 24.9 Å². The molecule has 1 saturated heterocycles. The summed E-state index contributed by atoms with van der Waals surface area (Å²) in [5, 5.41) is 39.1. The number of aliphatic hydroxyl groups is 2. The van der Waals surface area contributed by atoms with E-state index in [0.29, 0.717) is 11.1 Å². The molecule has 0 bridgehead atoms. The minimum Gasteiger partial charge on any atom is -0.394 e. The minimum absolute atomic E-state index is 0.0123. The van der Waals surface area contributed by atoms with E-state index < -0.39 is 35.6 Å². The lowest BCUT2D eigenvalue weighted by Crippen LogP contribution is -2.28. The first-order valence-corrected chi connectivity index (χ1v) is 12.3. The Hall–Kier alpha value is -5.05. The van der Waals surface area contributed by atoms with Gasteiger partial charge in [0.05, 0.1) is 23.0 Å². The smallest absolute Gasteiger partial charge is 0.280 e. The van der Waals surface area contributed by atoms with E-state index in [1.807, 2.05) is 24.3 Å². The monoisotopic (exact) mass is 543 g/mol. The molecule has 0 saturated carbocycles. The predicted octanol–water partition coefficient (Wildman–Crippen LogP) is 2.15. The molecule has 2 aromatic heterocycles. The van der Waals surface area contributed by atoms with Crippen molar-refractivity contribution in [3.8, 4) is 0 Å². The number of nitrogens with zero attached hydrogens (tertiary/aromatic N) is 4. The molecule has 0 radical (unpaired) electrons.